The molecule has 160 valence electrons. The van der Waals surface area contributed by atoms with Crippen molar-refractivity contribution in [3.8, 4) is 11.5 Å². The molecule has 2 aromatic rings. The number of halogens is 2. The number of aliphatic imine (C=N–C) groups is 1. The highest BCUT2D eigenvalue weighted by Gasteiger charge is 2.06. The van der Waals surface area contributed by atoms with Crippen LogP contribution in [0.25, 0.3) is 0 Å². The van der Waals surface area contributed by atoms with Crippen LogP contribution in [0.5, 0.6) is 11.5 Å². The summed E-state index contributed by atoms with van der Waals surface area (Å²) in [4.78, 5) is 6.27. The van der Waals surface area contributed by atoms with Gasteiger partial charge in [-0.05, 0) is 42.3 Å². The maximum absolute atomic E-state index is 13.3. The zero-order valence-corrected chi connectivity index (χ0v) is 19.7. The number of anilines is 1. The molecule has 29 heavy (non-hydrogen) atoms. The van der Waals surface area contributed by atoms with E-state index >= 15 is 0 Å². The number of nitrogens with one attached hydrogen (secondary N) is 2. The third kappa shape index (κ3) is 7.96. The Morgan fingerprint density at radius 2 is 1.83 bits per heavy atom. The third-order valence-corrected chi connectivity index (χ3v) is 4.34. The van der Waals surface area contributed by atoms with Gasteiger partial charge in [0.25, 0.3) is 0 Å². The van der Waals surface area contributed by atoms with Gasteiger partial charge in [-0.15, -0.1) is 24.0 Å². The summed E-state index contributed by atoms with van der Waals surface area (Å²) < 4.78 is 23.9. The van der Waals surface area contributed by atoms with E-state index in [1.807, 2.05) is 36.2 Å². The van der Waals surface area contributed by atoms with Gasteiger partial charge < -0.3 is 25.0 Å². The van der Waals surface area contributed by atoms with E-state index in [9.17, 15) is 4.39 Å². The van der Waals surface area contributed by atoms with Crippen LogP contribution in [0.1, 0.15) is 12.0 Å². The van der Waals surface area contributed by atoms with Crippen molar-refractivity contribution >= 4 is 35.6 Å². The lowest BCUT2D eigenvalue weighted by molar-refractivity contribution is 0.354. The van der Waals surface area contributed by atoms with Crippen LogP contribution in [0.15, 0.2) is 47.5 Å². The van der Waals surface area contributed by atoms with Crippen LogP contribution in [0.2, 0.25) is 0 Å². The molecule has 0 bridgehead atoms. The zero-order valence-electron chi connectivity index (χ0n) is 17.4. The van der Waals surface area contributed by atoms with E-state index in [1.54, 1.807) is 27.3 Å². The van der Waals surface area contributed by atoms with Gasteiger partial charge in [-0.1, -0.05) is 12.1 Å². The van der Waals surface area contributed by atoms with Crippen molar-refractivity contribution in [3.05, 3.63) is 53.8 Å². The van der Waals surface area contributed by atoms with Crippen molar-refractivity contribution in [2.45, 2.75) is 13.0 Å². The van der Waals surface area contributed by atoms with E-state index in [0.717, 1.165) is 36.7 Å². The summed E-state index contributed by atoms with van der Waals surface area (Å²) in [6, 6.07) is 12.4. The summed E-state index contributed by atoms with van der Waals surface area (Å²) >= 11 is 0. The molecule has 6 nitrogen and oxygen atoms in total. The molecule has 0 aliphatic carbocycles. The van der Waals surface area contributed by atoms with Crippen LogP contribution in [-0.4, -0.2) is 47.4 Å². The molecule has 0 aliphatic rings. The Balaban J connectivity index is 0.00000420. The predicted molar refractivity (Wildman–Crippen MR) is 127 cm³/mol. The first-order chi connectivity index (χ1) is 13.6. The quantitative estimate of drug-likeness (QED) is 0.231. The fraction of sp³-hybridized carbons (Fsp3) is 0.381. The third-order valence-electron chi connectivity index (χ3n) is 4.34. The average molecular weight is 516 g/mol. The molecule has 0 unspecified atom stereocenters. The highest BCUT2D eigenvalue weighted by Crippen LogP contribution is 2.27. The van der Waals surface area contributed by atoms with Crippen molar-refractivity contribution in [2.75, 3.05) is 46.3 Å². The molecule has 0 fully saturated rings. The maximum atomic E-state index is 13.3. The number of rotatable bonds is 9. The van der Waals surface area contributed by atoms with Crippen LogP contribution in [-0.2, 0) is 6.54 Å². The fourth-order valence-electron chi connectivity index (χ4n) is 2.76. The Labute approximate surface area is 189 Å². The van der Waals surface area contributed by atoms with Gasteiger partial charge in [-0.3, -0.25) is 4.99 Å². The first kappa shape index (κ1) is 24.8. The lowest BCUT2D eigenvalue weighted by Gasteiger charge is -2.20. The molecule has 0 saturated heterocycles. The molecule has 0 heterocycles. The van der Waals surface area contributed by atoms with E-state index in [1.165, 1.54) is 12.1 Å². The number of guanidine groups is 1. The van der Waals surface area contributed by atoms with Gasteiger partial charge in [0.05, 0.1) is 14.2 Å². The molecular formula is C21H30FIN4O2. The molecule has 0 atom stereocenters. The number of methoxy groups -OCH3 is 2. The van der Waals surface area contributed by atoms with Crippen LogP contribution in [0, 0.1) is 5.82 Å². The van der Waals surface area contributed by atoms with Gasteiger partial charge in [0.15, 0.2) is 17.5 Å². The van der Waals surface area contributed by atoms with Crippen LogP contribution >= 0.6 is 24.0 Å². The van der Waals surface area contributed by atoms with Gasteiger partial charge in [0.2, 0.25) is 0 Å². The number of hydrogen-bond acceptors (Lipinski definition) is 4. The molecule has 2 aromatic carbocycles. The summed E-state index contributed by atoms with van der Waals surface area (Å²) in [7, 11) is 6.94. The van der Waals surface area contributed by atoms with Crippen LogP contribution < -0.4 is 25.0 Å². The number of ether oxygens (including phenoxy) is 2. The van der Waals surface area contributed by atoms with E-state index in [2.05, 4.69) is 15.6 Å². The number of benzene rings is 2. The van der Waals surface area contributed by atoms with Crippen molar-refractivity contribution in [3.63, 3.8) is 0 Å². The Bertz CT molecular complexity index is 789. The predicted octanol–water partition coefficient (Wildman–Crippen LogP) is 3.65. The van der Waals surface area contributed by atoms with Crippen molar-refractivity contribution in [2.24, 2.45) is 4.99 Å². The number of hydrogen-bond donors (Lipinski definition) is 2. The standard InChI is InChI=1S/C21H29FN4O2.HI/c1-23-21(25-15-16-9-10-19(27-3)20(13-16)28-4)24-11-6-12-26(2)18-8-5-7-17(22)14-18;/h5,7-10,13-14H,6,11-12,15H2,1-4H3,(H2,23,24,25);1H. The molecule has 0 saturated carbocycles. The average Bonchev–Trinajstić information content (AvgIpc) is 2.72. The smallest absolute Gasteiger partial charge is 0.191 e. The Morgan fingerprint density at radius 3 is 2.48 bits per heavy atom. The Morgan fingerprint density at radius 1 is 1.07 bits per heavy atom. The highest BCUT2D eigenvalue weighted by atomic mass is 127. The fourth-order valence-corrected chi connectivity index (χ4v) is 2.76. The maximum Gasteiger partial charge on any atom is 0.191 e. The van der Waals surface area contributed by atoms with Crippen LogP contribution in [0.4, 0.5) is 10.1 Å². The Kier molecular flexibility index (Phi) is 11.2. The second-order valence-corrected chi connectivity index (χ2v) is 6.30. The minimum absolute atomic E-state index is 0. The molecule has 0 aliphatic heterocycles. The summed E-state index contributed by atoms with van der Waals surface area (Å²) in [6.45, 7) is 2.18. The van der Waals surface area contributed by atoms with Crippen molar-refractivity contribution in [1.29, 1.82) is 0 Å². The topological polar surface area (TPSA) is 58.1 Å². The van der Waals surface area contributed by atoms with E-state index in [-0.39, 0.29) is 29.8 Å². The van der Waals surface area contributed by atoms with Crippen LogP contribution in [0.3, 0.4) is 0 Å². The molecule has 2 rings (SSSR count). The molecule has 8 heteroatoms. The lowest BCUT2D eigenvalue weighted by atomic mass is 10.2. The Hall–Kier alpha value is -2.23. The summed E-state index contributed by atoms with van der Waals surface area (Å²) in [6.07, 6.45) is 0.893. The summed E-state index contributed by atoms with van der Waals surface area (Å²) in [5.74, 6) is 1.91. The molecule has 2 N–H and O–H groups in total. The minimum atomic E-state index is -0.220. The first-order valence-corrected chi connectivity index (χ1v) is 9.19. The van der Waals surface area contributed by atoms with Crippen molar-refractivity contribution < 1.29 is 13.9 Å². The summed E-state index contributed by atoms with van der Waals surface area (Å²) in [5, 5.41) is 6.57. The molecule has 0 radical (unpaired) electrons. The molecule has 0 aromatic heterocycles. The summed E-state index contributed by atoms with van der Waals surface area (Å²) in [5.41, 5.74) is 1.93. The normalized spacial score (nSPS) is 10.7. The number of nitrogens with zero attached hydrogens (tertiary/aromatic N) is 2. The lowest BCUT2D eigenvalue weighted by Crippen LogP contribution is -2.38. The van der Waals surface area contributed by atoms with Gasteiger partial charge >= 0.3 is 0 Å². The molecule has 0 spiro atoms. The second kappa shape index (κ2) is 13.1. The monoisotopic (exact) mass is 516 g/mol. The van der Waals surface area contributed by atoms with Crippen molar-refractivity contribution in [1.82, 2.24) is 10.6 Å². The first-order valence-electron chi connectivity index (χ1n) is 9.19. The molecular weight excluding hydrogens is 486 g/mol. The second-order valence-electron chi connectivity index (χ2n) is 6.30. The SMILES string of the molecule is CN=C(NCCCN(C)c1cccc(F)c1)NCc1ccc(OC)c(OC)c1.I. The highest BCUT2D eigenvalue weighted by molar-refractivity contribution is 14.0. The largest absolute Gasteiger partial charge is 0.493 e. The zero-order chi connectivity index (χ0) is 20.4. The van der Waals surface area contributed by atoms with Gasteiger partial charge in [-0.25, -0.2) is 4.39 Å². The van der Waals surface area contributed by atoms with Gasteiger partial charge in [0, 0.05) is 39.4 Å². The van der Waals surface area contributed by atoms with E-state index < -0.39 is 0 Å². The molecule has 0 amide bonds. The van der Waals surface area contributed by atoms with Gasteiger partial charge in [0.1, 0.15) is 5.82 Å². The van der Waals surface area contributed by atoms with E-state index in [0.29, 0.717) is 18.0 Å². The van der Waals surface area contributed by atoms with Gasteiger partial charge in [-0.2, -0.15) is 0 Å². The van der Waals surface area contributed by atoms with E-state index in [4.69, 9.17) is 9.47 Å². The minimum Gasteiger partial charge on any atom is -0.493 e.